The van der Waals surface area contributed by atoms with Crippen LogP contribution in [0.5, 0.6) is 0 Å². The van der Waals surface area contributed by atoms with Crippen LogP contribution >= 0.6 is 11.3 Å². The Morgan fingerprint density at radius 2 is 1.95 bits per heavy atom. The van der Waals surface area contributed by atoms with E-state index in [1.807, 2.05) is 6.92 Å². The van der Waals surface area contributed by atoms with Crippen molar-refractivity contribution in [3.63, 3.8) is 0 Å². The summed E-state index contributed by atoms with van der Waals surface area (Å²) in [5.41, 5.74) is 3.85. The lowest BCUT2D eigenvalue weighted by Gasteiger charge is -2.38. The summed E-state index contributed by atoms with van der Waals surface area (Å²) in [4.78, 5) is 5.89. The summed E-state index contributed by atoms with van der Waals surface area (Å²) in [7, 11) is 0. The van der Waals surface area contributed by atoms with Gasteiger partial charge in [-0.2, -0.15) is 0 Å². The molecule has 4 nitrogen and oxygen atoms in total. The highest BCUT2D eigenvalue weighted by atomic mass is 32.1. The highest BCUT2D eigenvalue weighted by molar-refractivity contribution is 7.11. The molecule has 0 spiro atoms. The zero-order chi connectivity index (χ0) is 14.5. The van der Waals surface area contributed by atoms with E-state index < -0.39 is 0 Å². The Hall–Kier alpha value is -0.490. The second-order valence-corrected chi connectivity index (χ2v) is 6.17. The molecule has 0 aromatic carbocycles. The van der Waals surface area contributed by atoms with Crippen LogP contribution in [0.2, 0.25) is 0 Å². The number of hydrogen-bond donors (Lipinski definition) is 2. The van der Waals surface area contributed by atoms with E-state index in [4.69, 9.17) is 10.6 Å². The van der Waals surface area contributed by atoms with E-state index in [9.17, 15) is 0 Å². The normalized spacial score (nSPS) is 13.8. The number of nitrogens with one attached hydrogen (secondary N) is 1. The van der Waals surface area contributed by atoms with Crippen LogP contribution in [0.1, 0.15) is 49.2 Å². The monoisotopic (exact) mass is 285 g/mol. The molecule has 1 aromatic rings. The van der Waals surface area contributed by atoms with Crippen molar-refractivity contribution in [1.29, 1.82) is 0 Å². The van der Waals surface area contributed by atoms with Crippen molar-refractivity contribution in [2.75, 3.05) is 6.61 Å². The largest absolute Gasteiger partial charge is 0.374 e. The van der Waals surface area contributed by atoms with Gasteiger partial charge in [0.1, 0.15) is 0 Å². The maximum Gasteiger partial charge on any atom is 0.0948 e. The first kappa shape index (κ1) is 16.6. The molecule has 0 aliphatic carbocycles. The third-order valence-corrected chi connectivity index (χ3v) is 5.01. The van der Waals surface area contributed by atoms with Crippen molar-refractivity contribution >= 4 is 11.3 Å². The summed E-state index contributed by atoms with van der Waals surface area (Å²) in [6, 6.07) is 0.0902. The Balaban J connectivity index is 2.91. The van der Waals surface area contributed by atoms with E-state index in [0.717, 1.165) is 30.0 Å². The zero-order valence-corrected chi connectivity index (χ0v) is 13.6. The van der Waals surface area contributed by atoms with E-state index in [-0.39, 0.29) is 11.6 Å². The van der Waals surface area contributed by atoms with Gasteiger partial charge >= 0.3 is 0 Å². The van der Waals surface area contributed by atoms with Gasteiger partial charge in [0, 0.05) is 17.9 Å². The molecule has 0 saturated heterocycles. The molecular weight excluding hydrogens is 258 g/mol. The minimum Gasteiger partial charge on any atom is -0.374 e. The van der Waals surface area contributed by atoms with Gasteiger partial charge in [-0.05, 0) is 33.6 Å². The molecule has 0 radical (unpaired) electrons. The van der Waals surface area contributed by atoms with E-state index in [0.29, 0.717) is 6.61 Å². The molecule has 5 heteroatoms. The molecule has 0 aliphatic rings. The summed E-state index contributed by atoms with van der Waals surface area (Å²) in [6.45, 7) is 11.2. The number of thiazole rings is 1. The number of rotatable bonds is 8. The molecule has 19 heavy (non-hydrogen) atoms. The molecule has 1 unspecified atom stereocenters. The van der Waals surface area contributed by atoms with Crippen molar-refractivity contribution in [3.05, 3.63) is 15.6 Å². The van der Waals surface area contributed by atoms with Crippen LogP contribution in [-0.4, -0.2) is 23.2 Å². The Bertz CT molecular complexity index is 369. The number of aromatic nitrogens is 1. The lowest BCUT2D eigenvalue weighted by molar-refractivity contribution is -0.0719. The molecule has 0 bridgehead atoms. The van der Waals surface area contributed by atoms with Gasteiger partial charge in [-0.15, -0.1) is 11.3 Å². The fraction of sp³-hybridized carbons (Fsp3) is 0.786. The first-order chi connectivity index (χ1) is 9.02. The first-order valence-electron chi connectivity index (χ1n) is 7.05. The molecule has 1 rings (SSSR count). The standard InChI is InChI=1S/C14H27N3OS/c1-6-14(7-2,18-8-3)12(17-15)9-13-16-10(4)11(5)19-13/h12,17H,6-9,15H2,1-5H3. The minimum atomic E-state index is -0.211. The zero-order valence-electron chi connectivity index (χ0n) is 12.7. The number of nitrogens with zero attached hydrogens (tertiary/aromatic N) is 1. The van der Waals surface area contributed by atoms with Crippen LogP contribution in [0.15, 0.2) is 0 Å². The third kappa shape index (κ3) is 3.75. The Morgan fingerprint density at radius 1 is 1.32 bits per heavy atom. The van der Waals surface area contributed by atoms with Gasteiger partial charge in [0.25, 0.3) is 0 Å². The van der Waals surface area contributed by atoms with E-state index >= 15 is 0 Å². The van der Waals surface area contributed by atoms with Gasteiger partial charge in [-0.1, -0.05) is 13.8 Å². The second-order valence-electron chi connectivity index (χ2n) is 4.88. The predicted molar refractivity (Wildman–Crippen MR) is 81.3 cm³/mol. The molecule has 1 atom stereocenters. The number of hydrazine groups is 1. The maximum absolute atomic E-state index is 6.02. The Morgan fingerprint density at radius 3 is 2.32 bits per heavy atom. The second kappa shape index (κ2) is 7.33. The average Bonchev–Trinajstić information content (AvgIpc) is 2.72. The highest BCUT2D eigenvalue weighted by Gasteiger charge is 2.36. The summed E-state index contributed by atoms with van der Waals surface area (Å²) >= 11 is 1.75. The first-order valence-corrected chi connectivity index (χ1v) is 7.87. The van der Waals surface area contributed by atoms with Crippen LogP contribution in [0, 0.1) is 13.8 Å². The van der Waals surface area contributed by atoms with Crippen molar-refractivity contribution in [1.82, 2.24) is 10.4 Å². The van der Waals surface area contributed by atoms with Crippen molar-refractivity contribution in [3.8, 4) is 0 Å². The van der Waals surface area contributed by atoms with Crippen molar-refractivity contribution in [2.24, 2.45) is 5.84 Å². The van der Waals surface area contributed by atoms with Gasteiger partial charge < -0.3 is 4.74 Å². The predicted octanol–water partition coefficient (Wildman–Crippen LogP) is 2.73. The minimum absolute atomic E-state index is 0.0902. The number of ether oxygens (including phenoxy) is 1. The molecule has 1 heterocycles. The van der Waals surface area contributed by atoms with E-state index in [1.165, 1.54) is 4.88 Å². The lowest BCUT2D eigenvalue weighted by Crippen LogP contribution is -2.55. The SMILES string of the molecule is CCOC(CC)(CC)C(Cc1nc(C)c(C)s1)NN. The van der Waals surface area contributed by atoms with Crippen LogP contribution in [-0.2, 0) is 11.2 Å². The fourth-order valence-corrected chi connectivity index (χ4v) is 3.51. The molecule has 110 valence electrons. The summed E-state index contributed by atoms with van der Waals surface area (Å²) in [6.07, 6.45) is 2.70. The van der Waals surface area contributed by atoms with E-state index in [1.54, 1.807) is 11.3 Å². The summed E-state index contributed by atoms with van der Waals surface area (Å²) in [5.74, 6) is 5.78. The Labute approximate surface area is 120 Å². The van der Waals surface area contributed by atoms with Crippen LogP contribution in [0.3, 0.4) is 0 Å². The fourth-order valence-electron chi connectivity index (χ4n) is 2.53. The quantitative estimate of drug-likeness (QED) is 0.569. The molecule has 0 aliphatic heterocycles. The molecule has 0 amide bonds. The van der Waals surface area contributed by atoms with Gasteiger partial charge in [0.2, 0.25) is 0 Å². The van der Waals surface area contributed by atoms with Gasteiger partial charge in [0.15, 0.2) is 0 Å². The summed E-state index contributed by atoms with van der Waals surface area (Å²) in [5, 5.41) is 1.13. The smallest absolute Gasteiger partial charge is 0.0948 e. The summed E-state index contributed by atoms with van der Waals surface area (Å²) < 4.78 is 6.02. The molecule has 3 N–H and O–H groups in total. The third-order valence-electron chi connectivity index (χ3n) is 3.92. The van der Waals surface area contributed by atoms with Crippen LogP contribution < -0.4 is 11.3 Å². The highest BCUT2D eigenvalue weighted by Crippen LogP contribution is 2.28. The number of aryl methyl sites for hydroxylation is 2. The van der Waals surface area contributed by atoms with Gasteiger partial charge in [-0.3, -0.25) is 11.3 Å². The van der Waals surface area contributed by atoms with E-state index in [2.05, 4.69) is 38.1 Å². The molecule has 0 fully saturated rings. The topological polar surface area (TPSA) is 60.2 Å². The van der Waals surface area contributed by atoms with Crippen molar-refractivity contribution < 1.29 is 4.74 Å². The molecular formula is C14H27N3OS. The van der Waals surface area contributed by atoms with Crippen LogP contribution in [0.4, 0.5) is 0 Å². The number of nitrogens with two attached hydrogens (primary N) is 1. The lowest BCUT2D eigenvalue weighted by atomic mass is 9.86. The van der Waals surface area contributed by atoms with Gasteiger partial charge in [0.05, 0.1) is 22.3 Å². The van der Waals surface area contributed by atoms with Crippen molar-refractivity contribution in [2.45, 2.75) is 65.5 Å². The molecule has 0 saturated carbocycles. The number of hydrogen-bond acceptors (Lipinski definition) is 5. The molecule has 1 aromatic heterocycles. The van der Waals surface area contributed by atoms with Gasteiger partial charge in [-0.25, -0.2) is 4.98 Å². The maximum atomic E-state index is 6.02. The van der Waals surface area contributed by atoms with Crippen LogP contribution in [0.25, 0.3) is 0 Å². The average molecular weight is 285 g/mol. The Kier molecular flexibility index (Phi) is 6.39.